The fourth-order valence-electron chi connectivity index (χ4n) is 2.07. The van der Waals surface area contributed by atoms with Crippen LogP contribution < -0.4 is 10.5 Å². The van der Waals surface area contributed by atoms with Crippen LogP contribution in [0, 0.1) is 0 Å². The van der Waals surface area contributed by atoms with Gasteiger partial charge in [-0.25, -0.2) is 18.4 Å². The third kappa shape index (κ3) is 2.52. The minimum Gasteiger partial charge on any atom is -0.346 e. The summed E-state index contributed by atoms with van der Waals surface area (Å²) in [5.41, 5.74) is 6.83. The lowest BCUT2D eigenvalue weighted by atomic mass is 10.4. The number of hydrogen-bond donors (Lipinski definition) is 2. The highest BCUT2D eigenvalue weighted by Crippen LogP contribution is 2.37. The van der Waals surface area contributed by atoms with Gasteiger partial charge in [0.1, 0.15) is 11.2 Å². The van der Waals surface area contributed by atoms with Gasteiger partial charge in [-0.3, -0.25) is 4.72 Å². The molecule has 1 saturated carbocycles. The highest BCUT2D eigenvalue weighted by atomic mass is 32.2. The molecule has 3 rings (SSSR count). The van der Waals surface area contributed by atoms with E-state index in [1.54, 1.807) is 12.3 Å². The third-order valence-corrected chi connectivity index (χ3v) is 4.53. The number of sulfonamides is 1. The van der Waals surface area contributed by atoms with Crippen molar-refractivity contribution in [2.45, 2.75) is 30.3 Å². The molecule has 0 amide bonds. The Morgan fingerprint density at radius 3 is 2.65 bits per heavy atom. The quantitative estimate of drug-likeness (QED) is 0.851. The summed E-state index contributed by atoms with van der Waals surface area (Å²) >= 11 is 0. The second kappa shape index (κ2) is 4.88. The second-order valence-electron chi connectivity index (χ2n) is 4.74. The van der Waals surface area contributed by atoms with Gasteiger partial charge in [0, 0.05) is 24.5 Å². The van der Waals surface area contributed by atoms with Gasteiger partial charge in [-0.2, -0.15) is 0 Å². The first kappa shape index (κ1) is 13.1. The fraction of sp³-hybridized carbons (Fsp3) is 0.333. The number of rotatable bonds is 5. The summed E-state index contributed by atoms with van der Waals surface area (Å²) in [6.45, 7) is 0.320. The van der Waals surface area contributed by atoms with Crippen molar-refractivity contribution in [3.8, 4) is 0 Å². The Morgan fingerprint density at radius 1 is 1.35 bits per heavy atom. The average Bonchev–Trinajstić information content (AvgIpc) is 3.18. The smallest absolute Gasteiger partial charge is 0.263 e. The topological polar surface area (TPSA) is 103 Å². The van der Waals surface area contributed by atoms with Crippen LogP contribution in [0.1, 0.15) is 24.6 Å². The molecule has 7 nitrogen and oxygen atoms in total. The summed E-state index contributed by atoms with van der Waals surface area (Å²) in [7, 11) is -3.64. The molecule has 0 aliphatic heterocycles. The molecule has 2 heterocycles. The van der Waals surface area contributed by atoms with E-state index in [1.165, 1.54) is 18.7 Å². The minimum absolute atomic E-state index is 0.216. The van der Waals surface area contributed by atoms with Crippen molar-refractivity contribution in [2.24, 2.45) is 5.73 Å². The van der Waals surface area contributed by atoms with Crippen molar-refractivity contribution in [1.29, 1.82) is 0 Å². The van der Waals surface area contributed by atoms with Crippen LogP contribution in [-0.4, -0.2) is 23.0 Å². The maximum Gasteiger partial charge on any atom is 0.263 e. The van der Waals surface area contributed by atoms with Crippen molar-refractivity contribution >= 4 is 15.7 Å². The van der Waals surface area contributed by atoms with E-state index in [1.807, 2.05) is 4.57 Å². The molecule has 1 aliphatic carbocycles. The summed E-state index contributed by atoms with van der Waals surface area (Å²) in [5, 5.41) is 0. The van der Waals surface area contributed by atoms with Crippen molar-refractivity contribution < 1.29 is 8.42 Å². The zero-order valence-corrected chi connectivity index (χ0v) is 11.5. The predicted molar refractivity (Wildman–Crippen MR) is 73.4 cm³/mol. The lowest BCUT2D eigenvalue weighted by Gasteiger charge is -2.05. The van der Waals surface area contributed by atoms with Gasteiger partial charge >= 0.3 is 0 Å². The average molecular weight is 293 g/mol. The van der Waals surface area contributed by atoms with E-state index in [4.69, 9.17) is 5.73 Å². The third-order valence-electron chi connectivity index (χ3n) is 3.18. The maximum atomic E-state index is 12.3. The zero-order chi connectivity index (χ0) is 14.2. The molecular formula is C12H15N5O2S. The van der Waals surface area contributed by atoms with Gasteiger partial charge in [0.25, 0.3) is 10.0 Å². The maximum absolute atomic E-state index is 12.3. The van der Waals surface area contributed by atoms with E-state index in [9.17, 15) is 8.42 Å². The molecule has 8 heteroatoms. The van der Waals surface area contributed by atoms with Crippen LogP contribution in [0.3, 0.4) is 0 Å². The first-order chi connectivity index (χ1) is 9.60. The number of hydrogen-bond acceptors (Lipinski definition) is 5. The highest BCUT2D eigenvalue weighted by molar-refractivity contribution is 7.92. The summed E-state index contributed by atoms with van der Waals surface area (Å²) in [5.74, 6) is 0. The molecule has 106 valence electrons. The van der Waals surface area contributed by atoms with Crippen LogP contribution in [0.4, 0.5) is 5.69 Å². The van der Waals surface area contributed by atoms with Crippen LogP contribution >= 0.6 is 0 Å². The Morgan fingerprint density at radius 2 is 2.05 bits per heavy atom. The fourth-order valence-corrected chi connectivity index (χ4v) is 3.14. The molecule has 0 atom stereocenters. The summed E-state index contributed by atoms with van der Waals surface area (Å²) in [6, 6.07) is 2.00. The second-order valence-corrected chi connectivity index (χ2v) is 6.42. The number of aromatic nitrogens is 3. The number of nitrogens with one attached hydrogen (secondary N) is 1. The van der Waals surface area contributed by atoms with Gasteiger partial charge in [0.15, 0.2) is 0 Å². The molecule has 3 N–H and O–H groups in total. The number of anilines is 1. The Labute approximate surface area is 116 Å². The minimum atomic E-state index is -3.64. The number of nitrogens with two attached hydrogens (primary N) is 1. The highest BCUT2D eigenvalue weighted by Gasteiger charge is 2.27. The molecule has 0 spiro atoms. The largest absolute Gasteiger partial charge is 0.346 e. The van der Waals surface area contributed by atoms with E-state index in [2.05, 4.69) is 14.7 Å². The SMILES string of the molecule is NCc1cc(S(=O)(=O)Nc2cncnc2)cn1C1CC1. The molecule has 0 saturated heterocycles. The normalized spacial score (nSPS) is 15.2. The Bertz CT molecular complexity index is 707. The van der Waals surface area contributed by atoms with Gasteiger partial charge < -0.3 is 10.3 Å². The molecule has 0 unspecified atom stereocenters. The van der Waals surface area contributed by atoms with Gasteiger partial charge in [0.05, 0.1) is 18.1 Å². The van der Waals surface area contributed by atoms with Crippen molar-refractivity contribution in [2.75, 3.05) is 4.72 Å². The van der Waals surface area contributed by atoms with Gasteiger partial charge in [0.2, 0.25) is 0 Å². The van der Waals surface area contributed by atoms with Gasteiger partial charge in [-0.05, 0) is 18.9 Å². The van der Waals surface area contributed by atoms with Crippen LogP contribution in [0.25, 0.3) is 0 Å². The lowest BCUT2D eigenvalue weighted by molar-refractivity contribution is 0.600. The van der Waals surface area contributed by atoms with E-state index in [-0.39, 0.29) is 4.90 Å². The van der Waals surface area contributed by atoms with E-state index in [0.717, 1.165) is 18.5 Å². The first-order valence-corrected chi connectivity index (χ1v) is 7.77. The van der Waals surface area contributed by atoms with Crippen LogP contribution in [0.2, 0.25) is 0 Å². The predicted octanol–water partition coefficient (Wildman–Crippen LogP) is 0.872. The lowest BCUT2D eigenvalue weighted by Crippen LogP contribution is -2.12. The molecule has 0 radical (unpaired) electrons. The van der Waals surface area contributed by atoms with Crippen LogP contribution in [-0.2, 0) is 16.6 Å². The molecule has 0 aromatic carbocycles. The van der Waals surface area contributed by atoms with Gasteiger partial charge in [-0.15, -0.1) is 0 Å². The van der Waals surface area contributed by atoms with Crippen LogP contribution in [0.15, 0.2) is 35.9 Å². The van der Waals surface area contributed by atoms with Crippen molar-refractivity contribution in [3.63, 3.8) is 0 Å². The molecular weight excluding hydrogens is 278 g/mol. The standard InChI is InChI=1S/C12H15N5O2S/c13-4-11-3-12(7-17(11)10-1-2-10)20(18,19)16-9-5-14-8-15-6-9/h3,5-8,10,16H,1-2,4,13H2. The number of nitrogens with zero attached hydrogens (tertiary/aromatic N) is 3. The van der Waals surface area contributed by atoms with E-state index in [0.29, 0.717) is 18.3 Å². The molecule has 2 aromatic rings. The monoisotopic (exact) mass is 293 g/mol. The van der Waals surface area contributed by atoms with E-state index < -0.39 is 10.0 Å². The molecule has 0 bridgehead atoms. The Balaban J connectivity index is 1.91. The molecule has 1 aliphatic rings. The molecule has 2 aromatic heterocycles. The van der Waals surface area contributed by atoms with Crippen molar-refractivity contribution in [3.05, 3.63) is 36.7 Å². The summed E-state index contributed by atoms with van der Waals surface area (Å²) < 4.78 is 29.0. The molecule has 20 heavy (non-hydrogen) atoms. The Hall–Kier alpha value is -1.93. The first-order valence-electron chi connectivity index (χ1n) is 6.29. The van der Waals surface area contributed by atoms with Crippen molar-refractivity contribution in [1.82, 2.24) is 14.5 Å². The van der Waals surface area contributed by atoms with E-state index >= 15 is 0 Å². The van der Waals surface area contributed by atoms with Gasteiger partial charge in [-0.1, -0.05) is 0 Å². The van der Waals surface area contributed by atoms with Crippen LogP contribution in [0.5, 0.6) is 0 Å². The summed E-state index contributed by atoms with van der Waals surface area (Å²) in [4.78, 5) is 7.77. The zero-order valence-electron chi connectivity index (χ0n) is 10.7. The Kier molecular flexibility index (Phi) is 3.19. The summed E-state index contributed by atoms with van der Waals surface area (Å²) in [6.07, 6.45) is 7.95. The molecule has 1 fully saturated rings.